The molecule has 1 spiro atoms. The minimum absolute atomic E-state index is 0.118. The number of allylic oxidation sites excluding steroid dienone is 6. The average Bonchev–Trinajstić information content (AvgIpc) is 3.58. The second-order valence-corrected chi connectivity index (χ2v) is 16.3. The van der Waals surface area contributed by atoms with E-state index in [1.807, 2.05) is 19.9 Å². The van der Waals surface area contributed by atoms with Gasteiger partial charge >= 0.3 is 6.09 Å². The van der Waals surface area contributed by atoms with E-state index < -0.39 is 65.6 Å². The van der Waals surface area contributed by atoms with Crippen LogP contribution in [-0.2, 0) is 42.8 Å². The van der Waals surface area contributed by atoms with Crippen molar-refractivity contribution in [2.45, 2.75) is 83.6 Å². The Morgan fingerprint density at radius 3 is 2.14 bits per heavy atom. The van der Waals surface area contributed by atoms with Crippen LogP contribution in [0.4, 0.5) is 4.79 Å². The summed E-state index contributed by atoms with van der Waals surface area (Å²) < 4.78 is 50.3. The van der Waals surface area contributed by atoms with E-state index >= 15 is 0 Å². The number of Topliss-reactive ketones (excluding diaryl/α,β-unsaturated/α-hetero) is 2. The first-order valence-electron chi connectivity index (χ1n) is 20.7. The molecule has 0 aromatic heterocycles. The van der Waals surface area contributed by atoms with E-state index in [4.69, 9.17) is 60.0 Å². The molecule has 1 aromatic rings. The molecular weight excluding hydrogens is 868 g/mol. The Morgan fingerprint density at radius 2 is 1.57 bits per heavy atom. The van der Waals surface area contributed by atoms with Crippen LogP contribution in [0, 0.1) is 17.8 Å². The molecule has 2 aliphatic carbocycles. The van der Waals surface area contributed by atoms with Crippen LogP contribution in [0.25, 0.3) is 0 Å². The van der Waals surface area contributed by atoms with Crippen LogP contribution in [0.3, 0.4) is 0 Å². The summed E-state index contributed by atoms with van der Waals surface area (Å²) in [5, 5.41) is 10.8. The monoisotopic (exact) mass is 926 g/mol. The van der Waals surface area contributed by atoms with Gasteiger partial charge in [-0.05, 0) is 37.8 Å². The summed E-state index contributed by atoms with van der Waals surface area (Å²) in [4.78, 5) is 66.9. The molecule has 1 amide bonds. The smallest absolute Gasteiger partial charge is 0.405 e. The fourth-order valence-electron chi connectivity index (χ4n) is 8.47. The second-order valence-electron chi connectivity index (χ2n) is 16.0. The zero-order valence-electron chi connectivity index (χ0n) is 38.7. The average molecular weight is 927 g/mol. The molecular formula is C47H59ClN2O15. The van der Waals surface area contributed by atoms with Crippen LogP contribution >= 0.6 is 11.6 Å². The highest BCUT2D eigenvalue weighted by molar-refractivity contribution is 6.35. The predicted molar refractivity (Wildman–Crippen MR) is 240 cm³/mol. The number of benzene rings is 1. The minimum Gasteiger partial charge on any atom is -0.496 e. The quantitative estimate of drug-likeness (QED) is 0.214. The number of hydrogen-bond donors (Lipinski definition) is 2. The van der Waals surface area contributed by atoms with Gasteiger partial charge in [0.25, 0.3) is 0 Å². The lowest BCUT2D eigenvalue weighted by molar-refractivity contribution is -0.118. The van der Waals surface area contributed by atoms with E-state index in [1.165, 1.54) is 53.8 Å². The number of nitrogens with two attached hydrogens (primary N) is 1. The fraction of sp³-hybridized carbons (Fsp3) is 0.489. The number of hydrogen-bond acceptors (Lipinski definition) is 15. The number of amides is 1. The van der Waals surface area contributed by atoms with E-state index in [1.54, 1.807) is 53.2 Å². The van der Waals surface area contributed by atoms with Gasteiger partial charge in [-0.3, -0.25) is 19.2 Å². The lowest BCUT2D eigenvalue weighted by atomic mass is 9.75. The van der Waals surface area contributed by atoms with Gasteiger partial charge in [-0.15, -0.1) is 0 Å². The molecule has 9 atom stereocenters. The van der Waals surface area contributed by atoms with Crippen molar-refractivity contribution < 1.29 is 71.7 Å². The van der Waals surface area contributed by atoms with E-state index in [2.05, 4.69) is 4.99 Å². The molecule has 3 N–H and O–H groups in total. The number of ketones is 4. The van der Waals surface area contributed by atoms with Crippen LogP contribution in [-0.4, -0.2) is 126 Å². The van der Waals surface area contributed by atoms with Gasteiger partial charge in [-0.1, -0.05) is 56.7 Å². The molecule has 18 heteroatoms. The normalized spacial score (nSPS) is 30.7. The number of aliphatic hydroxyl groups excluding tert-OH is 1. The van der Waals surface area contributed by atoms with Gasteiger partial charge in [-0.2, -0.15) is 0 Å². The molecule has 2 aliphatic heterocycles. The minimum atomic E-state index is -1.42. The molecule has 5 rings (SSSR count). The van der Waals surface area contributed by atoms with Gasteiger partial charge in [0.2, 0.25) is 23.1 Å². The number of methoxy groups -OCH3 is 7. The Kier molecular flexibility index (Phi) is 18.0. The van der Waals surface area contributed by atoms with Crippen molar-refractivity contribution in [1.29, 1.82) is 0 Å². The van der Waals surface area contributed by atoms with Crippen LogP contribution in [0.5, 0.6) is 17.2 Å². The summed E-state index contributed by atoms with van der Waals surface area (Å²) in [7, 11) is 10.4. The molecule has 1 aromatic carbocycles. The van der Waals surface area contributed by atoms with Crippen molar-refractivity contribution in [3.05, 3.63) is 87.4 Å². The number of carbonyl (C=O) groups excluding carboxylic acids is 5. The maximum absolute atomic E-state index is 13.4. The summed E-state index contributed by atoms with van der Waals surface area (Å²) >= 11 is 6.33. The highest BCUT2D eigenvalue weighted by atomic mass is 35.5. The van der Waals surface area contributed by atoms with Crippen molar-refractivity contribution in [3.63, 3.8) is 0 Å². The summed E-state index contributed by atoms with van der Waals surface area (Å²) in [6.45, 7) is 8.98. The first kappa shape index (κ1) is 52.0. The highest BCUT2D eigenvalue weighted by Gasteiger charge is 2.60. The summed E-state index contributed by atoms with van der Waals surface area (Å²) in [6.07, 6.45) is 6.67. The highest BCUT2D eigenvalue weighted by Crippen LogP contribution is 2.54. The molecule has 354 valence electrons. The number of halogens is 1. The van der Waals surface area contributed by atoms with Gasteiger partial charge in [0.15, 0.2) is 29.2 Å². The molecule has 0 saturated heterocycles. The van der Waals surface area contributed by atoms with E-state index in [0.29, 0.717) is 29.1 Å². The molecule has 2 bridgehead atoms. The van der Waals surface area contributed by atoms with E-state index in [-0.39, 0.29) is 63.2 Å². The van der Waals surface area contributed by atoms with Crippen molar-refractivity contribution in [2.24, 2.45) is 28.5 Å². The number of ether oxygens (including phenoxy) is 9. The molecule has 0 radical (unpaired) electrons. The fourth-order valence-corrected chi connectivity index (χ4v) is 8.73. The summed E-state index contributed by atoms with van der Waals surface area (Å²) in [5.41, 5.74) is 5.10. The summed E-state index contributed by atoms with van der Waals surface area (Å²) in [6, 6.07) is 1.54. The van der Waals surface area contributed by atoms with Gasteiger partial charge in [-0.25, -0.2) is 9.79 Å². The molecule has 65 heavy (non-hydrogen) atoms. The van der Waals surface area contributed by atoms with Crippen molar-refractivity contribution >= 4 is 46.7 Å². The molecule has 2 heterocycles. The van der Waals surface area contributed by atoms with Crippen molar-refractivity contribution in [2.75, 3.05) is 49.8 Å². The Labute approximate surface area is 383 Å². The van der Waals surface area contributed by atoms with Gasteiger partial charge in [0.05, 0.1) is 39.6 Å². The number of aliphatic imine (C=N–C) groups is 1. The third-order valence-electron chi connectivity index (χ3n) is 11.7. The molecule has 17 nitrogen and oxygen atoms in total. The first-order valence-corrected chi connectivity index (χ1v) is 21.0. The van der Waals surface area contributed by atoms with Gasteiger partial charge in [0.1, 0.15) is 33.9 Å². The number of nitrogens with zero attached hydrogens (tertiary/aromatic N) is 1. The lowest BCUT2D eigenvalue weighted by Crippen LogP contribution is -2.51. The Bertz CT molecular complexity index is 2240. The number of aliphatic hydroxyl groups is 1. The molecule has 4 aliphatic rings. The standard InChI is InChI=1S/C30H42N2O9.C17H17ClO6/c1-16-10-9-11-23(37-5)28(41-30(31)36)18(3)12-17(2)27(40-8)24(38-6)13-19(4)26(39-7)21-14-20(33)15-22(25(21)34)32-29(16)35;1-8-5-9(19)6-12(23-4)17(8)16(20)13-10(21-2)7-11(22-3)14(18)15(13)24-17/h9-12,14-15,17,19,23-24,26-28H,13H2,1-8H3,(H2,31,36)(H,32,35);6-8H,5H2,1-4H3/b11-9-,16-10+,18-12+;/t17-,19-,23-,24-,26+,27+,28-;8-,17+/m01/s1. The zero-order valence-corrected chi connectivity index (χ0v) is 39.5. The second kappa shape index (κ2) is 22.5. The number of rotatable bonds is 8. The predicted octanol–water partition coefficient (Wildman–Crippen LogP) is 6.36. The molecule has 0 saturated carbocycles. The molecule has 0 fully saturated rings. The van der Waals surface area contributed by atoms with Gasteiger partial charge in [0, 0.05) is 76.1 Å². The van der Waals surface area contributed by atoms with Gasteiger partial charge < -0.3 is 53.5 Å². The SMILES string of the molecule is COC1=CC(=O)C[C@@H](C)[C@]12Oc1c(Cl)c(OC)cc(OC)c1C2=O.CO[C@H]1[C@@H](OC)C[C@H](C)[C@@H](OC)C2=CC(=O)C=C(N=C(O)/C(C)=C/C=C\[C@H](OC)[C@@H](OC(N)=O)/C(C)=C/[C@@H]1C)C2=O. The lowest BCUT2D eigenvalue weighted by Gasteiger charge is -2.36. The topological polar surface area (TPSA) is 227 Å². The third kappa shape index (κ3) is 11.1. The Balaban J connectivity index is 0.000000324. The number of carbonyl (C=O) groups is 5. The van der Waals surface area contributed by atoms with Crippen molar-refractivity contribution in [1.82, 2.24) is 0 Å². The van der Waals surface area contributed by atoms with Crippen LogP contribution in [0.15, 0.2) is 81.8 Å². The number of primary amides is 1. The largest absolute Gasteiger partial charge is 0.496 e. The molecule has 0 unspecified atom stereocenters. The maximum Gasteiger partial charge on any atom is 0.405 e. The summed E-state index contributed by atoms with van der Waals surface area (Å²) in [5.74, 6) is -1.82. The van der Waals surface area contributed by atoms with E-state index in [9.17, 15) is 29.1 Å². The Morgan fingerprint density at radius 1 is 0.892 bits per heavy atom. The maximum atomic E-state index is 13.4. The van der Waals surface area contributed by atoms with Crippen molar-refractivity contribution in [3.8, 4) is 17.2 Å². The first-order chi connectivity index (χ1) is 30.8. The van der Waals surface area contributed by atoms with E-state index in [0.717, 1.165) is 6.08 Å². The van der Waals surface area contributed by atoms with Crippen LogP contribution in [0.2, 0.25) is 5.02 Å². The van der Waals surface area contributed by atoms with Crippen LogP contribution < -0.4 is 19.9 Å². The third-order valence-corrected chi connectivity index (χ3v) is 12.1. The number of fused-ring (bicyclic) bond motifs is 3. The Hall–Kier alpha value is -5.59. The zero-order chi connectivity index (χ0) is 48.5. The van der Waals surface area contributed by atoms with Crippen LogP contribution in [0.1, 0.15) is 57.8 Å².